The second-order valence-electron chi connectivity index (χ2n) is 2.75. The van der Waals surface area contributed by atoms with Crippen molar-refractivity contribution in [3.05, 3.63) is 22.6 Å². The van der Waals surface area contributed by atoms with Gasteiger partial charge in [0.15, 0.2) is 0 Å². The van der Waals surface area contributed by atoms with Gasteiger partial charge in [-0.15, -0.1) is 0 Å². The molecule has 2 nitrogen and oxygen atoms in total. The van der Waals surface area contributed by atoms with E-state index in [-0.39, 0.29) is 11.3 Å². The number of aryl methyl sites for hydroxylation is 1. The number of alkyl halides is 3. The van der Waals surface area contributed by atoms with Crippen molar-refractivity contribution in [2.75, 3.05) is 0 Å². The fraction of sp³-hybridized carbons (Fsp3) is 0.500. The zero-order chi connectivity index (χ0) is 10.2. The zero-order valence-electron chi connectivity index (χ0n) is 7.20. The minimum Gasteiger partial charge on any atom is -0.456 e. The average Bonchev–Trinajstić information content (AvgIpc) is 2.28. The second-order valence-corrected chi connectivity index (χ2v) is 2.75. The fourth-order valence-electron chi connectivity index (χ4n) is 1.09. The van der Waals surface area contributed by atoms with Gasteiger partial charge in [-0.2, -0.15) is 13.2 Å². The Bertz CT molecular complexity index is 312. The van der Waals surface area contributed by atoms with E-state index in [1.165, 1.54) is 13.8 Å². The summed E-state index contributed by atoms with van der Waals surface area (Å²) in [7, 11) is 0. The fourth-order valence-corrected chi connectivity index (χ4v) is 1.09. The SMILES string of the molecule is Cc1oc(C(F)(F)F)c(CO)c1C. The van der Waals surface area contributed by atoms with Gasteiger partial charge >= 0.3 is 6.18 Å². The third-order valence-corrected chi connectivity index (χ3v) is 1.93. The Morgan fingerprint density at radius 3 is 2.15 bits per heavy atom. The van der Waals surface area contributed by atoms with Crippen LogP contribution in [0.2, 0.25) is 0 Å². The van der Waals surface area contributed by atoms with Gasteiger partial charge in [0.2, 0.25) is 5.76 Å². The van der Waals surface area contributed by atoms with Crippen molar-refractivity contribution in [3.63, 3.8) is 0 Å². The summed E-state index contributed by atoms with van der Waals surface area (Å²) in [5.74, 6) is -0.902. The second kappa shape index (κ2) is 3.06. The normalized spacial score (nSPS) is 12.2. The lowest BCUT2D eigenvalue weighted by atomic mass is 10.1. The van der Waals surface area contributed by atoms with E-state index in [4.69, 9.17) is 5.11 Å². The molecule has 5 heteroatoms. The van der Waals surface area contributed by atoms with Gasteiger partial charge < -0.3 is 9.52 Å². The number of hydrogen-bond donors (Lipinski definition) is 1. The molecule has 0 atom stereocenters. The summed E-state index contributed by atoms with van der Waals surface area (Å²) < 4.78 is 41.2. The third-order valence-electron chi connectivity index (χ3n) is 1.93. The van der Waals surface area contributed by atoms with E-state index in [0.29, 0.717) is 5.56 Å². The van der Waals surface area contributed by atoms with E-state index >= 15 is 0 Å². The van der Waals surface area contributed by atoms with E-state index in [1.807, 2.05) is 0 Å². The molecule has 0 bridgehead atoms. The average molecular weight is 194 g/mol. The lowest BCUT2D eigenvalue weighted by Gasteiger charge is -2.03. The van der Waals surface area contributed by atoms with Crippen LogP contribution in [0, 0.1) is 13.8 Å². The molecule has 0 spiro atoms. The maximum Gasteiger partial charge on any atom is 0.449 e. The molecule has 1 aromatic rings. The maximum absolute atomic E-state index is 12.2. The molecule has 1 rings (SSSR count). The Morgan fingerprint density at radius 1 is 1.31 bits per heavy atom. The summed E-state index contributed by atoms with van der Waals surface area (Å²) in [5, 5.41) is 8.72. The largest absolute Gasteiger partial charge is 0.456 e. The van der Waals surface area contributed by atoms with Gasteiger partial charge in [-0.25, -0.2) is 0 Å². The van der Waals surface area contributed by atoms with Crippen molar-refractivity contribution < 1.29 is 22.7 Å². The first-order valence-electron chi connectivity index (χ1n) is 3.64. The van der Waals surface area contributed by atoms with Crippen LogP contribution in [0.15, 0.2) is 4.42 Å². The lowest BCUT2D eigenvalue weighted by molar-refractivity contribution is -0.154. The van der Waals surface area contributed by atoms with E-state index in [0.717, 1.165) is 0 Å². The van der Waals surface area contributed by atoms with Crippen molar-refractivity contribution in [2.24, 2.45) is 0 Å². The molecule has 0 fully saturated rings. The summed E-state index contributed by atoms with van der Waals surface area (Å²) in [6, 6.07) is 0. The highest BCUT2D eigenvalue weighted by molar-refractivity contribution is 5.32. The van der Waals surface area contributed by atoms with E-state index < -0.39 is 18.5 Å². The number of rotatable bonds is 1. The molecule has 0 aliphatic rings. The Balaban J connectivity index is 3.30. The maximum atomic E-state index is 12.2. The molecule has 0 aliphatic heterocycles. The Labute approximate surface area is 73.0 Å². The third kappa shape index (κ3) is 1.70. The minimum atomic E-state index is -4.53. The number of aliphatic hydroxyl groups is 1. The molecule has 0 radical (unpaired) electrons. The number of halogens is 3. The van der Waals surface area contributed by atoms with Crippen LogP contribution >= 0.6 is 0 Å². The number of furan rings is 1. The van der Waals surface area contributed by atoms with Crippen molar-refractivity contribution in [3.8, 4) is 0 Å². The highest BCUT2D eigenvalue weighted by Gasteiger charge is 2.38. The molecule has 74 valence electrons. The predicted molar refractivity (Wildman–Crippen MR) is 39.1 cm³/mol. The van der Waals surface area contributed by atoms with Crippen LogP contribution in [0.4, 0.5) is 13.2 Å². The van der Waals surface area contributed by atoms with Gasteiger partial charge in [0, 0.05) is 5.56 Å². The molecule has 13 heavy (non-hydrogen) atoms. The van der Waals surface area contributed by atoms with Crippen LogP contribution in [-0.4, -0.2) is 5.11 Å². The van der Waals surface area contributed by atoms with Gasteiger partial charge in [0.05, 0.1) is 6.61 Å². The van der Waals surface area contributed by atoms with Gasteiger partial charge in [0.1, 0.15) is 5.76 Å². The summed E-state index contributed by atoms with van der Waals surface area (Å²) >= 11 is 0. The first kappa shape index (κ1) is 10.1. The van der Waals surface area contributed by atoms with E-state index in [2.05, 4.69) is 4.42 Å². The van der Waals surface area contributed by atoms with E-state index in [9.17, 15) is 13.2 Å². The number of hydrogen-bond acceptors (Lipinski definition) is 2. The highest BCUT2D eigenvalue weighted by atomic mass is 19.4. The molecule has 1 heterocycles. The summed E-state index contributed by atoms with van der Waals surface area (Å²) in [6.45, 7) is 2.27. The van der Waals surface area contributed by atoms with Crippen molar-refractivity contribution in [1.82, 2.24) is 0 Å². The molecule has 0 amide bonds. The molecular weight excluding hydrogens is 185 g/mol. The first-order chi connectivity index (χ1) is 5.88. The smallest absolute Gasteiger partial charge is 0.449 e. The topological polar surface area (TPSA) is 33.4 Å². The molecule has 0 saturated heterocycles. The molecule has 0 saturated carbocycles. The van der Waals surface area contributed by atoms with Crippen LogP contribution in [0.25, 0.3) is 0 Å². The van der Waals surface area contributed by atoms with Crippen LogP contribution in [0.3, 0.4) is 0 Å². The van der Waals surface area contributed by atoms with Crippen LogP contribution in [0.1, 0.15) is 22.6 Å². The Kier molecular flexibility index (Phi) is 2.38. The van der Waals surface area contributed by atoms with Gasteiger partial charge in [-0.1, -0.05) is 0 Å². The van der Waals surface area contributed by atoms with Gasteiger partial charge in [-0.3, -0.25) is 0 Å². The molecular formula is C8H9F3O2. The summed E-state index contributed by atoms with van der Waals surface area (Å²) in [5.41, 5.74) is 0.180. The Hall–Kier alpha value is -0.970. The van der Waals surface area contributed by atoms with E-state index in [1.54, 1.807) is 0 Å². The molecule has 0 aromatic carbocycles. The van der Waals surface area contributed by atoms with Crippen molar-refractivity contribution in [1.29, 1.82) is 0 Å². The molecule has 0 aliphatic carbocycles. The molecule has 0 unspecified atom stereocenters. The minimum absolute atomic E-state index is 0.176. The number of aliphatic hydroxyl groups excluding tert-OH is 1. The van der Waals surface area contributed by atoms with Crippen LogP contribution in [-0.2, 0) is 12.8 Å². The zero-order valence-corrected chi connectivity index (χ0v) is 7.20. The highest BCUT2D eigenvalue weighted by Crippen LogP contribution is 2.36. The summed E-state index contributed by atoms with van der Waals surface area (Å²) in [4.78, 5) is 0. The van der Waals surface area contributed by atoms with Crippen LogP contribution < -0.4 is 0 Å². The molecule has 1 N–H and O–H groups in total. The Morgan fingerprint density at radius 2 is 1.85 bits per heavy atom. The standard InChI is InChI=1S/C8H9F3O2/c1-4-5(2)13-7(6(4)3-12)8(9,10)11/h12H,3H2,1-2H3. The molecule has 1 aromatic heterocycles. The van der Waals surface area contributed by atoms with Gasteiger partial charge in [-0.05, 0) is 19.4 Å². The predicted octanol–water partition coefficient (Wildman–Crippen LogP) is 2.41. The van der Waals surface area contributed by atoms with Gasteiger partial charge in [0.25, 0.3) is 0 Å². The first-order valence-corrected chi connectivity index (χ1v) is 3.64. The monoisotopic (exact) mass is 194 g/mol. The van der Waals surface area contributed by atoms with Crippen molar-refractivity contribution in [2.45, 2.75) is 26.6 Å². The van der Waals surface area contributed by atoms with Crippen LogP contribution in [0.5, 0.6) is 0 Å². The summed E-state index contributed by atoms with van der Waals surface area (Å²) in [6.07, 6.45) is -4.53. The lowest BCUT2D eigenvalue weighted by Crippen LogP contribution is -2.06. The quantitative estimate of drug-likeness (QED) is 0.744. The van der Waals surface area contributed by atoms with Crippen molar-refractivity contribution >= 4 is 0 Å².